The fourth-order valence-electron chi connectivity index (χ4n) is 0.977. The Morgan fingerprint density at radius 3 is 2.50 bits per heavy atom. The normalized spacial score (nSPS) is 12.8. The summed E-state index contributed by atoms with van der Waals surface area (Å²) in [6.07, 6.45) is 4.09. The van der Waals surface area contributed by atoms with Crippen LogP contribution in [0.2, 0.25) is 0 Å². The molecule has 2 nitrogen and oxygen atoms in total. The van der Waals surface area contributed by atoms with Gasteiger partial charge in [0.05, 0.1) is 5.88 Å². The van der Waals surface area contributed by atoms with Gasteiger partial charge in [-0.3, -0.25) is 0 Å². The van der Waals surface area contributed by atoms with E-state index in [1.807, 2.05) is 30.6 Å². The molecule has 0 amide bonds. The molecule has 12 heavy (non-hydrogen) atoms. The van der Waals surface area contributed by atoms with Crippen molar-refractivity contribution in [2.45, 2.75) is 12.6 Å². The Hall–Kier alpha value is -0.600. The fourth-order valence-corrected chi connectivity index (χ4v) is 1.20. The minimum atomic E-state index is 0.0964. The Morgan fingerprint density at radius 2 is 2.00 bits per heavy atom. The van der Waals surface area contributed by atoms with Gasteiger partial charge < -0.3 is 4.74 Å². The number of nitrogens with zero attached hydrogens (tertiary/aromatic N) is 1. The number of hydrogen-bond acceptors (Lipinski definition) is 1. The smallest absolute Gasteiger partial charge is 0.175 e. The average molecular weight is 187 g/mol. The van der Waals surface area contributed by atoms with Gasteiger partial charge in [-0.25, -0.2) is 4.57 Å². The summed E-state index contributed by atoms with van der Waals surface area (Å²) < 4.78 is 7.20. The summed E-state index contributed by atoms with van der Waals surface area (Å²) in [5.41, 5.74) is 0. The molecule has 0 radical (unpaired) electrons. The van der Waals surface area contributed by atoms with E-state index < -0.39 is 0 Å². The van der Waals surface area contributed by atoms with E-state index in [-0.39, 0.29) is 6.10 Å². The highest BCUT2D eigenvalue weighted by Crippen LogP contribution is 1.93. The van der Waals surface area contributed by atoms with Gasteiger partial charge in [0, 0.05) is 19.2 Å². The third-order valence-corrected chi connectivity index (χ3v) is 2.04. The van der Waals surface area contributed by atoms with E-state index in [9.17, 15) is 0 Å². The quantitative estimate of drug-likeness (QED) is 0.509. The predicted molar refractivity (Wildman–Crippen MR) is 48.2 cm³/mol. The molecule has 0 fully saturated rings. The highest BCUT2D eigenvalue weighted by Gasteiger charge is 2.10. The minimum absolute atomic E-state index is 0.0964. The molecule has 1 unspecified atom stereocenters. The molecule has 0 aliphatic carbocycles. The van der Waals surface area contributed by atoms with E-state index >= 15 is 0 Å². The lowest BCUT2D eigenvalue weighted by atomic mass is 10.4. The third kappa shape index (κ3) is 2.80. The van der Waals surface area contributed by atoms with Gasteiger partial charge in [-0.1, -0.05) is 6.07 Å². The largest absolute Gasteiger partial charge is 0.374 e. The van der Waals surface area contributed by atoms with Crippen LogP contribution in [0.4, 0.5) is 0 Å². The maximum Gasteiger partial charge on any atom is 0.175 e. The first kappa shape index (κ1) is 9.49. The predicted octanol–water partition coefficient (Wildman–Crippen LogP) is 1.23. The summed E-state index contributed by atoms with van der Waals surface area (Å²) in [4.78, 5) is 0. The van der Waals surface area contributed by atoms with Crippen LogP contribution >= 0.6 is 11.6 Å². The van der Waals surface area contributed by atoms with Crippen LogP contribution in [0.15, 0.2) is 30.6 Å². The summed E-state index contributed by atoms with van der Waals surface area (Å²) in [7, 11) is 1.68. The zero-order valence-corrected chi connectivity index (χ0v) is 7.87. The van der Waals surface area contributed by atoms with Crippen molar-refractivity contribution in [3.05, 3.63) is 30.6 Å². The number of methoxy groups -OCH3 is 1. The van der Waals surface area contributed by atoms with E-state index in [1.54, 1.807) is 7.11 Å². The zero-order valence-electron chi connectivity index (χ0n) is 7.11. The first-order valence-corrected chi connectivity index (χ1v) is 4.43. The maximum absolute atomic E-state index is 5.68. The summed E-state index contributed by atoms with van der Waals surface area (Å²) in [6.45, 7) is 0.806. The molecule has 1 heterocycles. The number of alkyl halides is 1. The van der Waals surface area contributed by atoms with Crippen LogP contribution < -0.4 is 4.57 Å². The lowest BCUT2D eigenvalue weighted by Crippen LogP contribution is -2.40. The van der Waals surface area contributed by atoms with Crippen LogP contribution in [0, 0.1) is 0 Å². The second-order valence-electron chi connectivity index (χ2n) is 2.58. The summed E-state index contributed by atoms with van der Waals surface area (Å²) >= 11 is 5.68. The van der Waals surface area contributed by atoms with Gasteiger partial charge in [0.2, 0.25) is 0 Å². The van der Waals surface area contributed by atoms with Crippen LogP contribution in [0.3, 0.4) is 0 Å². The second-order valence-corrected chi connectivity index (χ2v) is 2.89. The number of halogens is 1. The van der Waals surface area contributed by atoms with E-state index in [4.69, 9.17) is 16.3 Å². The average Bonchev–Trinajstić information content (AvgIpc) is 2.16. The van der Waals surface area contributed by atoms with E-state index in [1.165, 1.54) is 0 Å². The Kier molecular flexibility index (Phi) is 4.05. The van der Waals surface area contributed by atoms with Crippen LogP contribution in [-0.2, 0) is 11.3 Å². The Labute approximate surface area is 77.7 Å². The highest BCUT2D eigenvalue weighted by atomic mass is 35.5. The molecule has 1 aromatic rings. The van der Waals surface area contributed by atoms with Crippen LogP contribution in [0.25, 0.3) is 0 Å². The van der Waals surface area contributed by atoms with Gasteiger partial charge >= 0.3 is 0 Å². The van der Waals surface area contributed by atoms with Crippen LogP contribution in [-0.4, -0.2) is 19.1 Å². The maximum atomic E-state index is 5.68. The van der Waals surface area contributed by atoms with Crippen molar-refractivity contribution in [3.8, 4) is 0 Å². The van der Waals surface area contributed by atoms with Crippen molar-refractivity contribution >= 4 is 11.6 Å². The van der Waals surface area contributed by atoms with Gasteiger partial charge in [0.15, 0.2) is 18.9 Å². The minimum Gasteiger partial charge on any atom is -0.374 e. The molecule has 1 aromatic heterocycles. The molecule has 0 bridgehead atoms. The van der Waals surface area contributed by atoms with Gasteiger partial charge in [-0.2, -0.15) is 0 Å². The van der Waals surface area contributed by atoms with Gasteiger partial charge in [0.25, 0.3) is 0 Å². The van der Waals surface area contributed by atoms with E-state index in [0.717, 1.165) is 6.54 Å². The number of aromatic nitrogens is 1. The standard InChI is InChI=1S/C9H13ClNO/c1-12-9(7-10)8-11-5-3-2-4-6-11/h2-6,9H,7-8H2,1H3/q+1. The summed E-state index contributed by atoms with van der Waals surface area (Å²) in [6, 6.07) is 5.96. The van der Waals surface area contributed by atoms with Gasteiger partial charge in [-0.15, -0.1) is 11.6 Å². The molecule has 0 spiro atoms. The summed E-state index contributed by atoms with van der Waals surface area (Å²) in [5.74, 6) is 0.526. The Balaban J connectivity index is 2.51. The molecule has 0 saturated heterocycles. The molecule has 0 aromatic carbocycles. The molecule has 0 saturated carbocycles. The second kappa shape index (κ2) is 5.12. The lowest BCUT2D eigenvalue weighted by Gasteiger charge is -2.06. The number of ether oxygens (including phenoxy) is 1. The van der Waals surface area contributed by atoms with Crippen molar-refractivity contribution < 1.29 is 9.30 Å². The third-order valence-electron chi connectivity index (χ3n) is 1.70. The monoisotopic (exact) mass is 186 g/mol. The molecule has 0 aliphatic rings. The van der Waals surface area contributed by atoms with Crippen molar-refractivity contribution in [1.82, 2.24) is 0 Å². The van der Waals surface area contributed by atoms with E-state index in [0.29, 0.717) is 5.88 Å². The summed E-state index contributed by atoms with van der Waals surface area (Å²) in [5, 5.41) is 0. The number of pyridine rings is 1. The topological polar surface area (TPSA) is 13.1 Å². The van der Waals surface area contributed by atoms with Crippen LogP contribution in [0.1, 0.15) is 0 Å². The van der Waals surface area contributed by atoms with Crippen molar-refractivity contribution in [2.75, 3.05) is 13.0 Å². The molecular formula is C9H13ClNO+. The van der Waals surface area contributed by atoms with Crippen LogP contribution in [0.5, 0.6) is 0 Å². The molecule has 66 valence electrons. The molecule has 1 rings (SSSR count). The number of hydrogen-bond donors (Lipinski definition) is 0. The Bertz CT molecular complexity index is 211. The number of rotatable bonds is 4. The van der Waals surface area contributed by atoms with E-state index in [2.05, 4.69) is 4.57 Å². The molecule has 3 heteroatoms. The van der Waals surface area contributed by atoms with Crippen molar-refractivity contribution in [2.24, 2.45) is 0 Å². The Morgan fingerprint density at radius 1 is 1.33 bits per heavy atom. The first-order chi connectivity index (χ1) is 5.86. The van der Waals surface area contributed by atoms with Crippen molar-refractivity contribution in [1.29, 1.82) is 0 Å². The van der Waals surface area contributed by atoms with Gasteiger partial charge in [-0.05, 0) is 0 Å². The molecule has 0 aliphatic heterocycles. The first-order valence-electron chi connectivity index (χ1n) is 3.89. The zero-order chi connectivity index (χ0) is 8.81. The molecule has 1 atom stereocenters. The molecular weight excluding hydrogens is 174 g/mol. The van der Waals surface area contributed by atoms with Crippen molar-refractivity contribution in [3.63, 3.8) is 0 Å². The SMILES string of the molecule is COC(CCl)C[n+]1ccccc1. The fraction of sp³-hybridized carbons (Fsp3) is 0.444. The highest BCUT2D eigenvalue weighted by molar-refractivity contribution is 6.18. The van der Waals surface area contributed by atoms with Gasteiger partial charge in [0.1, 0.15) is 6.10 Å². The molecule has 0 N–H and O–H groups in total. The lowest BCUT2D eigenvalue weighted by molar-refractivity contribution is -0.703.